The SMILES string of the molecule is CCC(C)CCCCCCCCC(=O)OC[C@@H](COC(=O)CCCCCCCCCCCCCCCCC(C)C)OC(=O)CCCCCCCCCCCCCCCCC(C)C. The summed E-state index contributed by atoms with van der Waals surface area (Å²) in [5.41, 5.74) is 0. The molecule has 0 aromatic rings. The fraction of sp³-hybridized carbons (Fsp3) is 0.946. The van der Waals surface area contributed by atoms with Crippen LogP contribution in [0, 0.1) is 17.8 Å². The van der Waals surface area contributed by atoms with E-state index in [2.05, 4.69) is 41.5 Å². The first-order chi connectivity index (χ1) is 30.1. The number of rotatable bonds is 49. The Bertz CT molecular complexity index is 962. The van der Waals surface area contributed by atoms with E-state index in [9.17, 15) is 14.4 Å². The maximum Gasteiger partial charge on any atom is 0.306 e. The van der Waals surface area contributed by atoms with Crippen LogP contribution in [0.15, 0.2) is 0 Å². The van der Waals surface area contributed by atoms with Gasteiger partial charge in [0, 0.05) is 19.3 Å². The van der Waals surface area contributed by atoms with E-state index in [4.69, 9.17) is 14.2 Å². The van der Waals surface area contributed by atoms with Crippen LogP contribution in [0.5, 0.6) is 0 Å². The predicted octanol–water partition coefficient (Wildman–Crippen LogP) is 17.9. The molecule has 0 saturated heterocycles. The third-order valence-corrected chi connectivity index (χ3v) is 13.0. The van der Waals surface area contributed by atoms with E-state index in [1.807, 2.05) is 0 Å². The topological polar surface area (TPSA) is 78.9 Å². The molecule has 0 rings (SSSR count). The van der Waals surface area contributed by atoms with E-state index in [0.29, 0.717) is 19.3 Å². The summed E-state index contributed by atoms with van der Waals surface area (Å²) in [6.45, 7) is 13.7. The summed E-state index contributed by atoms with van der Waals surface area (Å²) in [7, 11) is 0. The van der Waals surface area contributed by atoms with Crippen LogP contribution in [0.25, 0.3) is 0 Å². The maximum absolute atomic E-state index is 12.8. The maximum atomic E-state index is 12.8. The molecule has 0 aliphatic carbocycles. The molecule has 0 spiro atoms. The van der Waals surface area contributed by atoms with Gasteiger partial charge in [-0.25, -0.2) is 0 Å². The highest BCUT2D eigenvalue weighted by atomic mass is 16.6. The monoisotopic (exact) mass is 877 g/mol. The minimum absolute atomic E-state index is 0.0645. The van der Waals surface area contributed by atoms with Crippen LogP contribution in [0.2, 0.25) is 0 Å². The highest BCUT2D eigenvalue weighted by Crippen LogP contribution is 2.18. The van der Waals surface area contributed by atoms with Crippen LogP contribution in [-0.4, -0.2) is 37.2 Å². The molecule has 6 nitrogen and oxygen atoms in total. The van der Waals surface area contributed by atoms with Crippen molar-refractivity contribution in [2.24, 2.45) is 17.8 Å². The summed E-state index contributed by atoms with van der Waals surface area (Å²) < 4.78 is 16.8. The first-order valence-corrected chi connectivity index (χ1v) is 27.6. The third-order valence-electron chi connectivity index (χ3n) is 13.0. The largest absolute Gasteiger partial charge is 0.462 e. The number of hydrogen-bond donors (Lipinski definition) is 0. The van der Waals surface area contributed by atoms with Crippen LogP contribution < -0.4 is 0 Å². The van der Waals surface area contributed by atoms with Gasteiger partial charge in [0.25, 0.3) is 0 Å². The number of unbranched alkanes of at least 4 members (excludes halogenated alkanes) is 31. The zero-order chi connectivity index (χ0) is 45.6. The fourth-order valence-corrected chi connectivity index (χ4v) is 8.44. The Morgan fingerprint density at radius 3 is 0.839 bits per heavy atom. The van der Waals surface area contributed by atoms with Crippen molar-refractivity contribution in [3.8, 4) is 0 Å². The van der Waals surface area contributed by atoms with Crippen molar-refractivity contribution in [3.05, 3.63) is 0 Å². The predicted molar refractivity (Wildman–Crippen MR) is 266 cm³/mol. The number of esters is 3. The van der Waals surface area contributed by atoms with E-state index in [1.54, 1.807) is 0 Å². The molecular weight excluding hydrogens is 769 g/mol. The Balaban J connectivity index is 4.27. The number of carbonyl (C=O) groups is 3. The van der Waals surface area contributed by atoms with Crippen molar-refractivity contribution < 1.29 is 28.6 Å². The van der Waals surface area contributed by atoms with Gasteiger partial charge in [-0.15, -0.1) is 0 Å². The normalized spacial score (nSPS) is 12.6. The standard InChI is InChI=1S/C56H108O6/c1-7-52(6)44-38-32-28-29-34-40-46-55(58)61-49-53(62-56(59)47-41-35-27-23-19-15-11-9-13-17-21-25-31-37-43-51(4)5)48-60-54(57)45-39-33-26-22-18-14-10-8-12-16-20-24-30-36-42-50(2)3/h50-53H,7-49H2,1-6H3/t52?,53-/m1/s1. The van der Waals surface area contributed by atoms with Crippen LogP contribution in [0.4, 0.5) is 0 Å². The van der Waals surface area contributed by atoms with Gasteiger partial charge in [-0.1, -0.05) is 266 Å². The van der Waals surface area contributed by atoms with Gasteiger partial charge in [0.1, 0.15) is 13.2 Å². The molecule has 0 N–H and O–H groups in total. The van der Waals surface area contributed by atoms with E-state index in [-0.39, 0.29) is 31.1 Å². The summed E-state index contributed by atoms with van der Waals surface area (Å²) in [6.07, 6.45) is 48.1. The quantitative estimate of drug-likeness (QED) is 0.0344. The summed E-state index contributed by atoms with van der Waals surface area (Å²) in [5, 5.41) is 0. The Labute approximate surface area is 387 Å². The van der Waals surface area contributed by atoms with Gasteiger partial charge >= 0.3 is 17.9 Å². The minimum Gasteiger partial charge on any atom is -0.462 e. The Morgan fingerprint density at radius 1 is 0.323 bits per heavy atom. The van der Waals surface area contributed by atoms with Crippen molar-refractivity contribution in [2.45, 2.75) is 311 Å². The highest BCUT2D eigenvalue weighted by molar-refractivity contribution is 5.71. The van der Waals surface area contributed by atoms with Crippen molar-refractivity contribution in [1.82, 2.24) is 0 Å². The lowest BCUT2D eigenvalue weighted by Gasteiger charge is -2.18. The molecule has 6 heteroatoms. The third kappa shape index (κ3) is 47.9. The second kappa shape index (κ2) is 47.4. The van der Waals surface area contributed by atoms with Crippen LogP contribution in [0.3, 0.4) is 0 Å². The van der Waals surface area contributed by atoms with Gasteiger partial charge < -0.3 is 14.2 Å². The van der Waals surface area contributed by atoms with E-state index < -0.39 is 6.10 Å². The first kappa shape index (κ1) is 60.4. The van der Waals surface area contributed by atoms with Crippen molar-refractivity contribution in [3.63, 3.8) is 0 Å². The number of carbonyl (C=O) groups excluding carboxylic acids is 3. The lowest BCUT2D eigenvalue weighted by molar-refractivity contribution is -0.167. The molecule has 0 bridgehead atoms. The van der Waals surface area contributed by atoms with Crippen molar-refractivity contribution >= 4 is 17.9 Å². The zero-order valence-corrected chi connectivity index (χ0v) is 42.7. The van der Waals surface area contributed by atoms with Crippen LogP contribution >= 0.6 is 0 Å². The molecule has 0 aromatic carbocycles. The first-order valence-electron chi connectivity index (χ1n) is 27.6. The molecular formula is C56H108O6. The molecule has 0 amide bonds. The lowest BCUT2D eigenvalue weighted by atomic mass is 10.00. The van der Waals surface area contributed by atoms with E-state index in [1.165, 1.54) is 186 Å². The van der Waals surface area contributed by atoms with E-state index >= 15 is 0 Å². The molecule has 0 aliphatic heterocycles. The van der Waals surface area contributed by atoms with Gasteiger partial charge in [-0.3, -0.25) is 14.4 Å². The Hall–Kier alpha value is -1.59. The van der Waals surface area contributed by atoms with Gasteiger partial charge in [-0.05, 0) is 37.0 Å². The molecule has 0 aromatic heterocycles. The van der Waals surface area contributed by atoms with Crippen LogP contribution in [-0.2, 0) is 28.6 Å². The summed E-state index contributed by atoms with van der Waals surface area (Å²) in [5.74, 6) is 1.65. The van der Waals surface area contributed by atoms with Gasteiger partial charge in [0.05, 0.1) is 0 Å². The molecule has 1 unspecified atom stereocenters. The average molecular weight is 877 g/mol. The van der Waals surface area contributed by atoms with Crippen molar-refractivity contribution in [1.29, 1.82) is 0 Å². The zero-order valence-electron chi connectivity index (χ0n) is 42.7. The van der Waals surface area contributed by atoms with Crippen molar-refractivity contribution in [2.75, 3.05) is 13.2 Å². The summed E-state index contributed by atoms with van der Waals surface area (Å²) in [6, 6.07) is 0. The molecule has 0 fully saturated rings. The molecule has 0 aliphatic rings. The molecule has 0 heterocycles. The van der Waals surface area contributed by atoms with Crippen LogP contribution in [0.1, 0.15) is 305 Å². The highest BCUT2D eigenvalue weighted by Gasteiger charge is 2.19. The summed E-state index contributed by atoms with van der Waals surface area (Å²) >= 11 is 0. The Morgan fingerprint density at radius 2 is 0.565 bits per heavy atom. The molecule has 62 heavy (non-hydrogen) atoms. The number of ether oxygens (including phenoxy) is 3. The second-order valence-corrected chi connectivity index (χ2v) is 20.4. The lowest BCUT2D eigenvalue weighted by Crippen LogP contribution is -2.30. The fourth-order valence-electron chi connectivity index (χ4n) is 8.44. The molecule has 0 radical (unpaired) electrons. The van der Waals surface area contributed by atoms with Gasteiger partial charge in [0.15, 0.2) is 6.10 Å². The van der Waals surface area contributed by atoms with Gasteiger partial charge in [0.2, 0.25) is 0 Å². The minimum atomic E-state index is -0.763. The molecule has 0 saturated carbocycles. The number of hydrogen-bond acceptors (Lipinski definition) is 6. The Kier molecular flexibility index (Phi) is 46.2. The van der Waals surface area contributed by atoms with Gasteiger partial charge in [-0.2, -0.15) is 0 Å². The second-order valence-electron chi connectivity index (χ2n) is 20.4. The summed E-state index contributed by atoms with van der Waals surface area (Å²) in [4.78, 5) is 38.0. The molecule has 368 valence electrons. The van der Waals surface area contributed by atoms with E-state index in [0.717, 1.165) is 75.5 Å². The molecule has 2 atom stereocenters. The average Bonchev–Trinajstić information content (AvgIpc) is 3.24. The smallest absolute Gasteiger partial charge is 0.306 e.